The van der Waals surface area contributed by atoms with Gasteiger partial charge in [-0.1, -0.05) is 23.8 Å². The molecule has 0 aliphatic carbocycles. The van der Waals surface area contributed by atoms with Crippen molar-refractivity contribution in [2.24, 2.45) is 0 Å². The second-order valence-electron chi connectivity index (χ2n) is 5.37. The molecule has 5 heteroatoms. The SMILES string of the molecule is Cc1ccc(OCC(=O)O)c(-c2cccc3c2OCCCO3)c1. The molecule has 2 aromatic rings. The molecule has 23 heavy (non-hydrogen) atoms. The van der Waals surface area contributed by atoms with Crippen LogP contribution in [-0.2, 0) is 4.79 Å². The zero-order valence-corrected chi connectivity index (χ0v) is 12.9. The summed E-state index contributed by atoms with van der Waals surface area (Å²) in [7, 11) is 0. The highest BCUT2D eigenvalue weighted by molar-refractivity contribution is 5.79. The number of carboxylic acid groups (broad SMARTS) is 1. The topological polar surface area (TPSA) is 65.0 Å². The van der Waals surface area contributed by atoms with Crippen LogP contribution in [0, 0.1) is 6.92 Å². The van der Waals surface area contributed by atoms with Crippen LogP contribution in [0.1, 0.15) is 12.0 Å². The number of aliphatic carboxylic acids is 1. The van der Waals surface area contributed by atoms with Crippen LogP contribution in [0.25, 0.3) is 11.1 Å². The molecule has 0 unspecified atom stereocenters. The van der Waals surface area contributed by atoms with Gasteiger partial charge in [0.15, 0.2) is 18.1 Å². The van der Waals surface area contributed by atoms with Crippen LogP contribution in [0.15, 0.2) is 36.4 Å². The van der Waals surface area contributed by atoms with E-state index in [1.54, 1.807) is 6.07 Å². The van der Waals surface area contributed by atoms with Gasteiger partial charge in [0, 0.05) is 17.5 Å². The van der Waals surface area contributed by atoms with Crippen molar-refractivity contribution < 1.29 is 24.1 Å². The predicted molar refractivity (Wildman–Crippen MR) is 85.4 cm³/mol. The molecule has 0 saturated carbocycles. The number of aryl methyl sites for hydroxylation is 1. The van der Waals surface area contributed by atoms with Crippen LogP contribution in [0.2, 0.25) is 0 Å². The molecular weight excluding hydrogens is 296 g/mol. The lowest BCUT2D eigenvalue weighted by Gasteiger charge is -2.16. The van der Waals surface area contributed by atoms with E-state index in [4.69, 9.17) is 19.3 Å². The van der Waals surface area contributed by atoms with Gasteiger partial charge in [-0.2, -0.15) is 0 Å². The molecule has 1 aliphatic rings. The second kappa shape index (κ2) is 6.60. The van der Waals surface area contributed by atoms with Gasteiger partial charge in [0.25, 0.3) is 0 Å². The highest BCUT2D eigenvalue weighted by Gasteiger charge is 2.19. The normalized spacial score (nSPS) is 13.3. The third-order valence-electron chi connectivity index (χ3n) is 3.55. The largest absolute Gasteiger partial charge is 0.490 e. The molecule has 0 amide bonds. The summed E-state index contributed by atoms with van der Waals surface area (Å²) < 4.78 is 17.0. The summed E-state index contributed by atoms with van der Waals surface area (Å²) in [5, 5.41) is 8.85. The molecule has 0 fully saturated rings. The molecule has 0 atom stereocenters. The Bertz CT molecular complexity index is 723. The lowest BCUT2D eigenvalue weighted by molar-refractivity contribution is -0.139. The molecule has 1 aliphatic heterocycles. The van der Waals surface area contributed by atoms with Gasteiger partial charge in [-0.3, -0.25) is 0 Å². The summed E-state index contributed by atoms with van der Waals surface area (Å²) in [6.07, 6.45) is 0.824. The minimum atomic E-state index is -1.01. The summed E-state index contributed by atoms with van der Waals surface area (Å²) in [5.74, 6) is 0.878. The van der Waals surface area contributed by atoms with Crippen LogP contribution in [0.3, 0.4) is 0 Å². The fourth-order valence-electron chi connectivity index (χ4n) is 2.53. The average molecular weight is 314 g/mol. The first-order valence-corrected chi connectivity index (χ1v) is 7.49. The standard InChI is InChI=1S/C18H18O5/c1-12-6-7-15(23-11-17(19)20)14(10-12)13-4-2-5-16-18(13)22-9-3-8-21-16/h2,4-7,10H,3,8-9,11H2,1H3,(H,19,20). The third-order valence-corrected chi connectivity index (χ3v) is 3.55. The molecule has 3 rings (SSSR count). The Kier molecular flexibility index (Phi) is 4.37. The summed E-state index contributed by atoms with van der Waals surface area (Å²) in [6.45, 7) is 2.79. The molecule has 0 saturated heterocycles. The lowest BCUT2D eigenvalue weighted by atomic mass is 10.0. The Morgan fingerprint density at radius 3 is 2.83 bits per heavy atom. The van der Waals surface area contributed by atoms with E-state index in [0.29, 0.717) is 30.5 Å². The Hall–Kier alpha value is -2.69. The molecule has 1 N–H and O–H groups in total. The van der Waals surface area contributed by atoms with Crippen LogP contribution in [0.4, 0.5) is 0 Å². The van der Waals surface area contributed by atoms with E-state index in [1.165, 1.54) is 0 Å². The van der Waals surface area contributed by atoms with Crippen molar-refractivity contribution in [3.63, 3.8) is 0 Å². The molecule has 2 aromatic carbocycles. The Balaban J connectivity index is 2.07. The number of hydrogen-bond acceptors (Lipinski definition) is 4. The molecule has 0 spiro atoms. The average Bonchev–Trinajstić information content (AvgIpc) is 2.78. The Morgan fingerprint density at radius 1 is 1.17 bits per heavy atom. The summed E-state index contributed by atoms with van der Waals surface area (Å²) in [5.41, 5.74) is 2.69. The van der Waals surface area contributed by atoms with E-state index in [0.717, 1.165) is 23.1 Å². The number of ether oxygens (including phenoxy) is 3. The van der Waals surface area contributed by atoms with E-state index in [-0.39, 0.29) is 6.61 Å². The van der Waals surface area contributed by atoms with E-state index >= 15 is 0 Å². The lowest BCUT2D eigenvalue weighted by Crippen LogP contribution is -2.10. The van der Waals surface area contributed by atoms with Crippen LogP contribution in [0.5, 0.6) is 17.2 Å². The molecule has 5 nitrogen and oxygen atoms in total. The van der Waals surface area contributed by atoms with Gasteiger partial charge < -0.3 is 19.3 Å². The quantitative estimate of drug-likeness (QED) is 0.938. The highest BCUT2D eigenvalue weighted by atomic mass is 16.5. The van der Waals surface area contributed by atoms with Crippen molar-refractivity contribution in [2.75, 3.05) is 19.8 Å². The maximum absolute atomic E-state index is 10.8. The summed E-state index contributed by atoms with van der Waals surface area (Å²) in [4.78, 5) is 10.8. The maximum atomic E-state index is 10.8. The summed E-state index contributed by atoms with van der Waals surface area (Å²) in [6, 6.07) is 11.3. The first kappa shape index (κ1) is 15.2. The van der Waals surface area contributed by atoms with Crippen molar-refractivity contribution >= 4 is 5.97 Å². The van der Waals surface area contributed by atoms with Gasteiger partial charge >= 0.3 is 5.97 Å². The Labute approximate surface area is 134 Å². The van der Waals surface area contributed by atoms with Crippen molar-refractivity contribution in [3.05, 3.63) is 42.0 Å². The number of benzene rings is 2. The number of hydrogen-bond donors (Lipinski definition) is 1. The van der Waals surface area contributed by atoms with E-state index in [2.05, 4.69) is 0 Å². The molecule has 0 bridgehead atoms. The number of rotatable bonds is 4. The fourth-order valence-corrected chi connectivity index (χ4v) is 2.53. The zero-order valence-electron chi connectivity index (χ0n) is 12.9. The zero-order chi connectivity index (χ0) is 16.2. The minimum Gasteiger partial charge on any atom is -0.490 e. The van der Waals surface area contributed by atoms with Crippen molar-refractivity contribution in [1.82, 2.24) is 0 Å². The molecule has 120 valence electrons. The van der Waals surface area contributed by atoms with Crippen molar-refractivity contribution in [3.8, 4) is 28.4 Å². The minimum absolute atomic E-state index is 0.386. The van der Waals surface area contributed by atoms with Crippen LogP contribution >= 0.6 is 0 Å². The monoisotopic (exact) mass is 314 g/mol. The second-order valence-corrected chi connectivity index (χ2v) is 5.37. The van der Waals surface area contributed by atoms with Gasteiger partial charge in [-0.15, -0.1) is 0 Å². The summed E-state index contributed by atoms with van der Waals surface area (Å²) >= 11 is 0. The number of carboxylic acids is 1. The van der Waals surface area contributed by atoms with E-state index < -0.39 is 5.97 Å². The molecule has 0 aromatic heterocycles. The first-order valence-electron chi connectivity index (χ1n) is 7.49. The third kappa shape index (κ3) is 3.39. The van der Waals surface area contributed by atoms with Gasteiger partial charge in [-0.05, 0) is 25.1 Å². The fraction of sp³-hybridized carbons (Fsp3) is 0.278. The van der Waals surface area contributed by atoms with Crippen molar-refractivity contribution in [1.29, 1.82) is 0 Å². The van der Waals surface area contributed by atoms with Gasteiger partial charge in [-0.25, -0.2) is 4.79 Å². The van der Waals surface area contributed by atoms with Crippen molar-refractivity contribution in [2.45, 2.75) is 13.3 Å². The van der Waals surface area contributed by atoms with E-state index in [9.17, 15) is 4.79 Å². The number of fused-ring (bicyclic) bond motifs is 1. The predicted octanol–water partition coefficient (Wildman–Crippen LogP) is 3.29. The van der Waals surface area contributed by atoms with E-state index in [1.807, 2.05) is 37.3 Å². The van der Waals surface area contributed by atoms with Gasteiger partial charge in [0.2, 0.25) is 0 Å². The maximum Gasteiger partial charge on any atom is 0.341 e. The van der Waals surface area contributed by atoms with Crippen LogP contribution in [-0.4, -0.2) is 30.9 Å². The molecule has 0 radical (unpaired) electrons. The molecular formula is C18H18O5. The molecule has 1 heterocycles. The number of para-hydroxylation sites is 1. The first-order chi connectivity index (χ1) is 11.1. The van der Waals surface area contributed by atoms with Gasteiger partial charge in [0.05, 0.1) is 13.2 Å². The van der Waals surface area contributed by atoms with Crippen LogP contribution < -0.4 is 14.2 Å². The number of carbonyl (C=O) groups is 1. The van der Waals surface area contributed by atoms with Gasteiger partial charge in [0.1, 0.15) is 5.75 Å². The highest BCUT2D eigenvalue weighted by Crippen LogP contribution is 2.43. The Morgan fingerprint density at radius 2 is 2.00 bits per heavy atom. The smallest absolute Gasteiger partial charge is 0.341 e.